The molecule has 2 aromatic carbocycles. The van der Waals surface area contributed by atoms with Crippen molar-refractivity contribution < 1.29 is 8.78 Å². The second-order valence-electron chi connectivity index (χ2n) is 5.39. The molecule has 2 rings (SSSR count). The number of halogens is 3. The molecule has 0 amide bonds. The molecule has 0 heterocycles. The molecule has 1 nitrogen and oxygen atoms in total. The maximum atomic E-state index is 13.8. The van der Waals surface area contributed by atoms with E-state index in [9.17, 15) is 8.78 Å². The van der Waals surface area contributed by atoms with Gasteiger partial charge < -0.3 is 5.32 Å². The molecular formula is C17H18BrF2N. The first kappa shape index (κ1) is 16.0. The lowest BCUT2D eigenvalue weighted by molar-refractivity contribution is 0.512. The zero-order valence-corrected chi connectivity index (χ0v) is 13.6. The van der Waals surface area contributed by atoms with E-state index in [-0.39, 0.29) is 11.6 Å². The highest BCUT2D eigenvalue weighted by Gasteiger charge is 2.17. The van der Waals surface area contributed by atoms with Gasteiger partial charge in [0.05, 0.1) is 0 Å². The Morgan fingerprint density at radius 1 is 1.05 bits per heavy atom. The number of rotatable bonds is 5. The molecule has 2 aromatic rings. The van der Waals surface area contributed by atoms with Gasteiger partial charge in [0.15, 0.2) is 0 Å². The van der Waals surface area contributed by atoms with Crippen molar-refractivity contribution in [3.05, 3.63) is 64.1 Å². The lowest BCUT2D eigenvalue weighted by atomic mass is 9.88. The summed E-state index contributed by atoms with van der Waals surface area (Å²) in [4.78, 5) is 0. The molecule has 0 aromatic heterocycles. The van der Waals surface area contributed by atoms with E-state index in [1.165, 1.54) is 12.1 Å². The topological polar surface area (TPSA) is 12.0 Å². The van der Waals surface area contributed by atoms with Gasteiger partial charge in [-0.3, -0.25) is 0 Å². The molecule has 0 spiro atoms. The number of hydrogen-bond donors (Lipinski definition) is 1. The van der Waals surface area contributed by atoms with Crippen LogP contribution in [0.5, 0.6) is 0 Å². The number of hydrogen-bond acceptors (Lipinski definition) is 1. The lowest BCUT2D eigenvalue weighted by Crippen LogP contribution is -2.19. The molecule has 0 bridgehead atoms. The molecule has 21 heavy (non-hydrogen) atoms. The minimum absolute atomic E-state index is 0.0696. The van der Waals surface area contributed by atoms with Crippen LogP contribution in [-0.2, 0) is 0 Å². The van der Waals surface area contributed by atoms with Crippen molar-refractivity contribution in [1.82, 2.24) is 0 Å². The van der Waals surface area contributed by atoms with Gasteiger partial charge in [0, 0.05) is 16.9 Å². The number of nitrogens with one attached hydrogen (secondary N) is 1. The predicted molar refractivity (Wildman–Crippen MR) is 86.6 cm³/mol. The van der Waals surface area contributed by atoms with Gasteiger partial charge in [-0.05, 0) is 23.6 Å². The molecule has 0 aliphatic rings. The van der Waals surface area contributed by atoms with Crippen molar-refractivity contribution in [3.8, 4) is 0 Å². The Morgan fingerprint density at radius 2 is 1.62 bits per heavy atom. The molecule has 1 N–H and O–H groups in total. The monoisotopic (exact) mass is 353 g/mol. The van der Waals surface area contributed by atoms with Crippen molar-refractivity contribution >= 4 is 21.6 Å². The molecule has 0 radical (unpaired) electrons. The summed E-state index contributed by atoms with van der Waals surface area (Å²) in [6, 6.07) is 12.5. The summed E-state index contributed by atoms with van der Waals surface area (Å²) in [5, 5.41) is 2.92. The molecule has 1 atom stereocenters. The van der Waals surface area contributed by atoms with Crippen LogP contribution in [0, 0.1) is 17.6 Å². The SMILES string of the molecule is CC(C)C(CNc1c(F)cc(Br)cc1F)c1ccccc1. The summed E-state index contributed by atoms with van der Waals surface area (Å²) in [6.07, 6.45) is 0. The Balaban J connectivity index is 2.17. The summed E-state index contributed by atoms with van der Waals surface area (Å²) in [5.41, 5.74) is 1.10. The Labute approximate surface area is 132 Å². The molecule has 0 aliphatic carbocycles. The number of anilines is 1. The van der Waals surface area contributed by atoms with Gasteiger partial charge in [-0.25, -0.2) is 8.78 Å². The zero-order chi connectivity index (χ0) is 15.4. The summed E-state index contributed by atoms with van der Waals surface area (Å²) < 4.78 is 28.1. The first-order valence-electron chi connectivity index (χ1n) is 6.92. The molecule has 0 aliphatic heterocycles. The fourth-order valence-electron chi connectivity index (χ4n) is 2.36. The average molecular weight is 354 g/mol. The largest absolute Gasteiger partial charge is 0.380 e. The van der Waals surface area contributed by atoms with Crippen molar-refractivity contribution in [2.75, 3.05) is 11.9 Å². The Kier molecular flexibility index (Phi) is 5.34. The van der Waals surface area contributed by atoms with Crippen molar-refractivity contribution in [1.29, 1.82) is 0 Å². The Morgan fingerprint density at radius 3 is 2.14 bits per heavy atom. The normalized spacial score (nSPS) is 12.5. The third-order valence-electron chi connectivity index (χ3n) is 3.54. The molecule has 112 valence electrons. The minimum Gasteiger partial charge on any atom is -0.380 e. The van der Waals surface area contributed by atoms with Crippen molar-refractivity contribution in [3.63, 3.8) is 0 Å². The minimum atomic E-state index is -0.586. The lowest BCUT2D eigenvalue weighted by Gasteiger charge is -2.23. The van der Waals surface area contributed by atoms with E-state index in [1.807, 2.05) is 30.3 Å². The second-order valence-corrected chi connectivity index (χ2v) is 6.30. The van der Waals surface area contributed by atoms with E-state index in [2.05, 4.69) is 35.1 Å². The molecule has 0 saturated heterocycles. The van der Waals surface area contributed by atoms with E-state index < -0.39 is 11.6 Å². The van der Waals surface area contributed by atoms with Crippen LogP contribution in [-0.4, -0.2) is 6.54 Å². The van der Waals surface area contributed by atoms with Crippen LogP contribution in [0.2, 0.25) is 0 Å². The van der Waals surface area contributed by atoms with Gasteiger partial charge >= 0.3 is 0 Å². The molecule has 1 unspecified atom stereocenters. The van der Waals surface area contributed by atoms with E-state index in [4.69, 9.17) is 0 Å². The van der Waals surface area contributed by atoms with Crippen LogP contribution in [0.4, 0.5) is 14.5 Å². The van der Waals surface area contributed by atoms with Crippen LogP contribution in [0.15, 0.2) is 46.9 Å². The molecule has 0 fully saturated rings. The quantitative estimate of drug-likeness (QED) is 0.739. The fraction of sp³-hybridized carbons (Fsp3) is 0.294. The van der Waals surface area contributed by atoms with Gasteiger partial charge in [-0.2, -0.15) is 0 Å². The summed E-state index contributed by atoms with van der Waals surface area (Å²) >= 11 is 3.08. The highest BCUT2D eigenvalue weighted by Crippen LogP contribution is 2.28. The molecule has 4 heteroatoms. The third-order valence-corrected chi connectivity index (χ3v) is 4.00. The van der Waals surface area contributed by atoms with E-state index >= 15 is 0 Å². The van der Waals surface area contributed by atoms with Crippen molar-refractivity contribution in [2.45, 2.75) is 19.8 Å². The van der Waals surface area contributed by atoms with Crippen LogP contribution in [0.25, 0.3) is 0 Å². The summed E-state index contributed by atoms with van der Waals surface area (Å²) in [5.74, 6) is -0.620. The first-order valence-corrected chi connectivity index (χ1v) is 7.71. The average Bonchev–Trinajstić information content (AvgIpc) is 2.42. The predicted octanol–water partition coefficient (Wildman–Crippen LogP) is 5.58. The summed E-state index contributed by atoms with van der Waals surface area (Å²) in [6.45, 7) is 4.69. The second kappa shape index (κ2) is 7.03. The third kappa shape index (κ3) is 4.03. The number of benzene rings is 2. The highest BCUT2D eigenvalue weighted by atomic mass is 79.9. The van der Waals surface area contributed by atoms with E-state index in [1.54, 1.807) is 0 Å². The highest BCUT2D eigenvalue weighted by molar-refractivity contribution is 9.10. The molecular weight excluding hydrogens is 336 g/mol. The van der Waals surface area contributed by atoms with Crippen LogP contribution in [0.3, 0.4) is 0 Å². The van der Waals surface area contributed by atoms with Gasteiger partial charge in [0.2, 0.25) is 0 Å². The van der Waals surface area contributed by atoms with Crippen LogP contribution in [0.1, 0.15) is 25.3 Å². The molecule has 0 saturated carbocycles. The zero-order valence-electron chi connectivity index (χ0n) is 12.0. The Hall–Kier alpha value is -1.42. The van der Waals surface area contributed by atoms with Gasteiger partial charge in [-0.1, -0.05) is 60.1 Å². The summed E-state index contributed by atoms with van der Waals surface area (Å²) in [7, 11) is 0. The maximum absolute atomic E-state index is 13.8. The fourth-order valence-corrected chi connectivity index (χ4v) is 2.76. The maximum Gasteiger partial charge on any atom is 0.150 e. The van der Waals surface area contributed by atoms with Crippen molar-refractivity contribution in [2.24, 2.45) is 5.92 Å². The van der Waals surface area contributed by atoms with E-state index in [0.29, 0.717) is 16.9 Å². The standard InChI is InChI=1S/C17H18BrF2N/c1-11(2)14(12-6-4-3-5-7-12)10-21-17-15(19)8-13(18)9-16(17)20/h3-9,11,14,21H,10H2,1-2H3. The smallest absolute Gasteiger partial charge is 0.150 e. The van der Waals surface area contributed by atoms with Gasteiger partial charge in [0.25, 0.3) is 0 Å². The van der Waals surface area contributed by atoms with Crippen LogP contribution < -0.4 is 5.32 Å². The van der Waals surface area contributed by atoms with E-state index in [0.717, 1.165) is 5.56 Å². The van der Waals surface area contributed by atoms with Gasteiger partial charge in [0.1, 0.15) is 17.3 Å². The van der Waals surface area contributed by atoms with Crippen LogP contribution >= 0.6 is 15.9 Å². The Bertz CT molecular complexity index is 576. The first-order chi connectivity index (χ1) is 9.99. The van der Waals surface area contributed by atoms with Gasteiger partial charge in [-0.15, -0.1) is 0 Å².